The van der Waals surface area contributed by atoms with E-state index in [2.05, 4.69) is 49.5 Å². The maximum absolute atomic E-state index is 6.11. The first-order valence-electron chi connectivity index (χ1n) is 7.35. The number of hydrogen-bond donors (Lipinski definition) is 0. The minimum Gasteiger partial charge on any atom is -0.476 e. The van der Waals surface area contributed by atoms with E-state index >= 15 is 0 Å². The van der Waals surface area contributed by atoms with Crippen LogP contribution in [0.1, 0.15) is 46.6 Å². The van der Waals surface area contributed by atoms with E-state index in [4.69, 9.17) is 16.3 Å². The monoisotopic (exact) mass is 299 g/mol. The van der Waals surface area contributed by atoms with Crippen molar-refractivity contribution in [3.63, 3.8) is 0 Å². The molecule has 0 saturated heterocycles. The van der Waals surface area contributed by atoms with E-state index in [1.54, 1.807) is 0 Å². The van der Waals surface area contributed by atoms with Gasteiger partial charge in [0.25, 0.3) is 0 Å². The Labute approximate surface area is 127 Å². The van der Waals surface area contributed by atoms with E-state index in [1.165, 1.54) is 6.33 Å². The standard InChI is InChI=1S/C15H26ClN3O/c1-6-7-13-14(16)17-10-18-15(13)20-9-8-19(11(2)3)12(4)5/h10-12H,6-9H2,1-5H3. The van der Waals surface area contributed by atoms with Crippen molar-refractivity contribution in [3.8, 4) is 5.88 Å². The summed E-state index contributed by atoms with van der Waals surface area (Å²) in [5, 5.41) is 0.501. The smallest absolute Gasteiger partial charge is 0.221 e. The molecule has 0 amide bonds. The third-order valence-corrected chi connectivity index (χ3v) is 3.59. The Morgan fingerprint density at radius 3 is 2.40 bits per heavy atom. The second-order valence-electron chi connectivity index (χ2n) is 5.47. The summed E-state index contributed by atoms with van der Waals surface area (Å²) < 4.78 is 5.82. The van der Waals surface area contributed by atoms with Crippen LogP contribution in [0.2, 0.25) is 5.15 Å². The Morgan fingerprint density at radius 2 is 1.85 bits per heavy atom. The molecule has 1 heterocycles. The summed E-state index contributed by atoms with van der Waals surface area (Å²) >= 11 is 6.11. The van der Waals surface area contributed by atoms with Gasteiger partial charge in [-0.3, -0.25) is 4.90 Å². The fourth-order valence-corrected chi connectivity index (χ4v) is 2.54. The zero-order valence-electron chi connectivity index (χ0n) is 13.2. The molecule has 0 aliphatic heterocycles. The predicted octanol–water partition coefficient (Wildman–Crippen LogP) is 3.58. The van der Waals surface area contributed by atoms with Gasteiger partial charge < -0.3 is 4.74 Å². The maximum Gasteiger partial charge on any atom is 0.221 e. The van der Waals surface area contributed by atoms with Gasteiger partial charge in [0.2, 0.25) is 5.88 Å². The molecule has 4 nitrogen and oxygen atoms in total. The highest BCUT2D eigenvalue weighted by molar-refractivity contribution is 6.30. The Morgan fingerprint density at radius 1 is 1.20 bits per heavy atom. The molecular weight excluding hydrogens is 274 g/mol. The minimum absolute atomic E-state index is 0.501. The predicted molar refractivity (Wildman–Crippen MR) is 83.5 cm³/mol. The van der Waals surface area contributed by atoms with Crippen molar-refractivity contribution in [1.82, 2.24) is 14.9 Å². The van der Waals surface area contributed by atoms with Gasteiger partial charge in [-0.1, -0.05) is 24.9 Å². The molecule has 1 rings (SSSR count). The summed E-state index contributed by atoms with van der Waals surface area (Å²) in [6.07, 6.45) is 3.29. The molecule has 0 aliphatic carbocycles. The first-order chi connectivity index (χ1) is 9.47. The number of rotatable bonds is 8. The SMILES string of the molecule is CCCc1c(Cl)ncnc1OCCN(C(C)C)C(C)C. The van der Waals surface area contributed by atoms with Crippen molar-refractivity contribution in [1.29, 1.82) is 0 Å². The summed E-state index contributed by atoms with van der Waals surface area (Å²) in [6.45, 7) is 12.4. The topological polar surface area (TPSA) is 38.3 Å². The van der Waals surface area contributed by atoms with Crippen LogP contribution in [-0.4, -0.2) is 40.1 Å². The first kappa shape index (κ1) is 17.2. The van der Waals surface area contributed by atoms with Crippen LogP contribution >= 0.6 is 11.6 Å². The van der Waals surface area contributed by atoms with Crippen molar-refractivity contribution >= 4 is 11.6 Å². The molecule has 0 aliphatic rings. The van der Waals surface area contributed by atoms with Gasteiger partial charge in [-0.15, -0.1) is 0 Å². The van der Waals surface area contributed by atoms with E-state index in [1.807, 2.05) is 0 Å². The molecule has 0 N–H and O–H groups in total. The molecule has 0 radical (unpaired) electrons. The van der Waals surface area contributed by atoms with Crippen LogP contribution in [0, 0.1) is 0 Å². The second-order valence-corrected chi connectivity index (χ2v) is 5.83. The molecular formula is C15H26ClN3O. The maximum atomic E-state index is 6.11. The quantitative estimate of drug-likeness (QED) is 0.688. The second kappa shape index (κ2) is 8.42. The third kappa shape index (κ3) is 4.91. The third-order valence-electron chi connectivity index (χ3n) is 3.27. The Bertz CT molecular complexity index is 402. The molecule has 0 bridgehead atoms. The lowest BCUT2D eigenvalue weighted by molar-refractivity contribution is 0.139. The molecule has 0 aromatic carbocycles. The van der Waals surface area contributed by atoms with Crippen LogP contribution in [0.4, 0.5) is 0 Å². The van der Waals surface area contributed by atoms with Crippen molar-refractivity contribution in [2.24, 2.45) is 0 Å². The Kier molecular flexibility index (Phi) is 7.24. The van der Waals surface area contributed by atoms with Gasteiger partial charge in [0.1, 0.15) is 18.1 Å². The lowest BCUT2D eigenvalue weighted by atomic mass is 10.2. The zero-order chi connectivity index (χ0) is 15.1. The molecule has 5 heteroatoms. The van der Waals surface area contributed by atoms with E-state index in [0.717, 1.165) is 24.9 Å². The molecule has 0 spiro atoms. The number of aromatic nitrogens is 2. The van der Waals surface area contributed by atoms with Gasteiger partial charge in [0.15, 0.2) is 0 Å². The van der Waals surface area contributed by atoms with Gasteiger partial charge >= 0.3 is 0 Å². The van der Waals surface area contributed by atoms with Crippen molar-refractivity contribution in [2.75, 3.05) is 13.2 Å². The zero-order valence-corrected chi connectivity index (χ0v) is 13.9. The van der Waals surface area contributed by atoms with Crippen molar-refractivity contribution in [3.05, 3.63) is 17.0 Å². The van der Waals surface area contributed by atoms with Gasteiger partial charge in [-0.2, -0.15) is 0 Å². The molecule has 0 atom stereocenters. The Balaban J connectivity index is 2.63. The largest absolute Gasteiger partial charge is 0.476 e. The molecule has 0 fully saturated rings. The number of halogens is 1. The molecule has 0 saturated carbocycles. The van der Waals surface area contributed by atoms with Gasteiger partial charge in [0, 0.05) is 18.6 Å². The van der Waals surface area contributed by atoms with Crippen LogP contribution in [0.25, 0.3) is 0 Å². The van der Waals surface area contributed by atoms with E-state index in [0.29, 0.717) is 29.7 Å². The fraction of sp³-hybridized carbons (Fsp3) is 0.733. The van der Waals surface area contributed by atoms with Gasteiger partial charge in [0.05, 0.1) is 5.56 Å². The van der Waals surface area contributed by atoms with Gasteiger partial charge in [-0.05, 0) is 34.1 Å². The number of hydrogen-bond acceptors (Lipinski definition) is 4. The van der Waals surface area contributed by atoms with Crippen LogP contribution in [0.3, 0.4) is 0 Å². The Hall–Kier alpha value is -0.870. The molecule has 1 aromatic rings. The average Bonchev–Trinajstić information content (AvgIpc) is 2.37. The number of nitrogens with zero attached hydrogens (tertiary/aromatic N) is 3. The summed E-state index contributed by atoms with van der Waals surface area (Å²) in [4.78, 5) is 10.6. The highest BCUT2D eigenvalue weighted by atomic mass is 35.5. The minimum atomic E-state index is 0.501. The lowest BCUT2D eigenvalue weighted by Gasteiger charge is -2.30. The van der Waals surface area contributed by atoms with Crippen molar-refractivity contribution in [2.45, 2.75) is 59.5 Å². The van der Waals surface area contributed by atoms with Crippen LogP contribution in [0.15, 0.2) is 6.33 Å². The summed E-state index contributed by atoms with van der Waals surface area (Å²) in [5.74, 6) is 0.624. The van der Waals surface area contributed by atoms with E-state index < -0.39 is 0 Å². The van der Waals surface area contributed by atoms with Crippen LogP contribution in [-0.2, 0) is 6.42 Å². The molecule has 114 valence electrons. The van der Waals surface area contributed by atoms with Crippen molar-refractivity contribution < 1.29 is 4.74 Å². The first-order valence-corrected chi connectivity index (χ1v) is 7.73. The summed E-state index contributed by atoms with van der Waals surface area (Å²) in [5.41, 5.74) is 0.914. The fourth-order valence-electron chi connectivity index (χ4n) is 2.32. The number of ether oxygens (including phenoxy) is 1. The van der Waals surface area contributed by atoms with Crippen LogP contribution in [0.5, 0.6) is 5.88 Å². The average molecular weight is 300 g/mol. The highest BCUT2D eigenvalue weighted by Crippen LogP contribution is 2.23. The van der Waals surface area contributed by atoms with Crippen LogP contribution < -0.4 is 4.74 Å². The van der Waals surface area contributed by atoms with E-state index in [9.17, 15) is 0 Å². The highest BCUT2D eigenvalue weighted by Gasteiger charge is 2.14. The van der Waals surface area contributed by atoms with E-state index in [-0.39, 0.29) is 0 Å². The van der Waals surface area contributed by atoms with Gasteiger partial charge in [-0.25, -0.2) is 9.97 Å². The molecule has 0 unspecified atom stereocenters. The molecule has 1 aromatic heterocycles. The normalized spacial score (nSPS) is 11.7. The summed E-state index contributed by atoms with van der Waals surface area (Å²) in [6, 6.07) is 1.00. The summed E-state index contributed by atoms with van der Waals surface area (Å²) in [7, 11) is 0. The molecule has 20 heavy (non-hydrogen) atoms. The lowest BCUT2D eigenvalue weighted by Crippen LogP contribution is -2.39.